The van der Waals surface area contributed by atoms with Crippen molar-refractivity contribution in [2.24, 2.45) is 4.99 Å². The molecule has 0 spiro atoms. The number of halogens is 1. The molecule has 2 N–H and O–H groups in total. The first kappa shape index (κ1) is 18.9. The van der Waals surface area contributed by atoms with Crippen molar-refractivity contribution in [1.82, 2.24) is 10.6 Å². The summed E-state index contributed by atoms with van der Waals surface area (Å²) in [4.78, 5) is 5.52. The third kappa shape index (κ3) is 6.33. The Morgan fingerprint density at radius 3 is 2.36 bits per heavy atom. The average molecular weight is 431 g/mol. The van der Waals surface area contributed by atoms with E-state index in [-0.39, 0.29) is 24.0 Å². The summed E-state index contributed by atoms with van der Waals surface area (Å²) in [5.41, 5.74) is 2.40. The fourth-order valence-corrected chi connectivity index (χ4v) is 2.55. The van der Waals surface area contributed by atoms with Gasteiger partial charge in [0, 0.05) is 25.6 Å². The van der Waals surface area contributed by atoms with E-state index in [9.17, 15) is 0 Å². The van der Waals surface area contributed by atoms with Gasteiger partial charge in [-0.25, -0.2) is 0 Å². The molecular weight excluding hydrogens is 409 g/mol. The van der Waals surface area contributed by atoms with Crippen LogP contribution in [0.1, 0.15) is 16.0 Å². The van der Waals surface area contributed by atoms with E-state index in [4.69, 9.17) is 4.74 Å². The van der Waals surface area contributed by atoms with Gasteiger partial charge in [0.05, 0.1) is 13.2 Å². The summed E-state index contributed by atoms with van der Waals surface area (Å²) < 4.78 is 5.11. The second kappa shape index (κ2) is 10.6. The summed E-state index contributed by atoms with van der Waals surface area (Å²) in [6.45, 7) is 2.19. The van der Waals surface area contributed by atoms with Gasteiger partial charge in [0.2, 0.25) is 0 Å². The average Bonchev–Trinajstić information content (AvgIpc) is 3.03. The Morgan fingerprint density at radius 1 is 1.09 bits per heavy atom. The Hall–Kier alpha value is -1.12. The number of rotatable bonds is 6. The van der Waals surface area contributed by atoms with Crippen molar-refractivity contribution >= 4 is 41.3 Å². The molecule has 6 heteroatoms. The summed E-state index contributed by atoms with van der Waals surface area (Å²) in [5, 5.41) is 8.69. The molecule has 0 amide bonds. The minimum atomic E-state index is 0. The maximum Gasteiger partial charge on any atom is 0.191 e. The Kier molecular flexibility index (Phi) is 9.10. The molecule has 0 saturated heterocycles. The number of hydrogen-bond acceptors (Lipinski definition) is 3. The minimum Gasteiger partial charge on any atom is -0.380 e. The number of ether oxygens (including phenoxy) is 1. The zero-order valence-electron chi connectivity index (χ0n) is 12.8. The lowest BCUT2D eigenvalue weighted by molar-refractivity contribution is 0.185. The Balaban J connectivity index is 0.00000242. The van der Waals surface area contributed by atoms with Crippen molar-refractivity contribution < 1.29 is 4.74 Å². The van der Waals surface area contributed by atoms with Crippen LogP contribution in [0.25, 0.3) is 0 Å². The molecule has 0 radical (unpaired) electrons. The van der Waals surface area contributed by atoms with Crippen molar-refractivity contribution in [1.29, 1.82) is 0 Å². The SMILES string of the molecule is CN=C(NCc1ccc(COC)cc1)NCc1cccs1.I. The van der Waals surface area contributed by atoms with E-state index < -0.39 is 0 Å². The number of nitrogens with one attached hydrogen (secondary N) is 2. The van der Waals surface area contributed by atoms with Gasteiger partial charge in [-0.2, -0.15) is 0 Å². The van der Waals surface area contributed by atoms with E-state index in [2.05, 4.69) is 57.4 Å². The second-order valence-corrected chi connectivity index (χ2v) is 5.64. The highest BCUT2D eigenvalue weighted by Gasteiger charge is 2.00. The molecule has 0 bridgehead atoms. The normalized spacial score (nSPS) is 10.9. The predicted molar refractivity (Wildman–Crippen MR) is 104 cm³/mol. The molecule has 0 unspecified atom stereocenters. The number of benzene rings is 1. The van der Waals surface area contributed by atoms with Gasteiger partial charge in [-0.05, 0) is 22.6 Å². The molecule has 1 heterocycles. The Labute approximate surface area is 153 Å². The molecule has 0 saturated carbocycles. The Morgan fingerprint density at radius 2 is 1.77 bits per heavy atom. The van der Waals surface area contributed by atoms with Crippen LogP contribution in [0, 0.1) is 0 Å². The topological polar surface area (TPSA) is 45.7 Å². The highest BCUT2D eigenvalue weighted by molar-refractivity contribution is 14.0. The maximum absolute atomic E-state index is 5.11. The zero-order chi connectivity index (χ0) is 14.9. The second-order valence-electron chi connectivity index (χ2n) is 4.61. The van der Waals surface area contributed by atoms with E-state index in [0.717, 1.165) is 19.0 Å². The van der Waals surface area contributed by atoms with Crippen LogP contribution in [0.15, 0.2) is 46.8 Å². The van der Waals surface area contributed by atoms with Crippen LogP contribution in [0.3, 0.4) is 0 Å². The number of hydrogen-bond donors (Lipinski definition) is 2. The van der Waals surface area contributed by atoms with Gasteiger partial charge in [-0.1, -0.05) is 30.3 Å². The molecular formula is C16H22IN3OS. The number of nitrogens with zero attached hydrogens (tertiary/aromatic N) is 1. The molecule has 0 aliphatic carbocycles. The molecule has 0 fully saturated rings. The lowest BCUT2D eigenvalue weighted by Crippen LogP contribution is -2.36. The quantitative estimate of drug-likeness (QED) is 0.419. The summed E-state index contributed by atoms with van der Waals surface area (Å²) in [6, 6.07) is 12.5. The van der Waals surface area contributed by atoms with Crippen molar-refractivity contribution in [3.05, 3.63) is 57.8 Å². The molecule has 4 nitrogen and oxygen atoms in total. The molecule has 0 atom stereocenters. The van der Waals surface area contributed by atoms with Crippen LogP contribution in [-0.2, 0) is 24.4 Å². The largest absolute Gasteiger partial charge is 0.380 e. The van der Waals surface area contributed by atoms with Gasteiger partial charge in [-0.15, -0.1) is 35.3 Å². The van der Waals surface area contributed by atoms with Crippen LogP contribution in [0.4, 0.5) is 0 Å². The molecule has 2 aromatic rings. The van der Waals surface area contributed by atoms with Gasteiger partial charge < -0.3 is 15.4 Å². The van der Waals surface area contributed by atoms with Crippen LogP contribution in [0.5, 0.6) is 0 Å². The van der Waals surface area contributed by atoms with E-state index in [1.165, 1.54) is 16.0 Å². The van der Waals surface area contributed by atoms with Crippen molar-refractivity contribution in [2.45, 2.75) is 19.7 Å². The van der Waals surface area contributed by atoms with Crippen LogP contribution in [0.2, 0.25) is 0 Å². The van der Waals surface area contributed by atoms with Gasteiger partial charge >= 0.3 is 0 Å². The van der Waals surface area contributed by atoms with E-state index in [1.807, 2.05) is 0 Å². The van der Waals surface area contributed by atoms with Gasteiger partial charge in [0.1, 0.15) is 0 Å². The highest BCUT2D eigenvalue weighted by Crippen LogP contribution is 2.07. The first-order chi connectivity index (χ1) is 10.3. The lowest BCUT2D eigenvalue weighted by Gasteiger charge is -2.11. The fourth-order valence-electron chi connectivity index (χ4n) is 1.91. The highest BCUT2D eigenvalue weighted by atomic mass is 127. The van der Waals surface area contributed by atoms with Crippen molar-refractivity contribution in [3.8, 4) is 0 Å². The molecule has 1 aromatic carbocycles. The van der Waals surface area contributed by atoms with E-state index >= 15 is 0 Å². The number of thiophene rings is 1. The van der Waals surface area contributed by atoms with Crippen molar-refractivity contribution in [2.75, 3.05) is 14.2 Å². The summed E-state index contributed by atoms with van der Waals surface area (Å²) in [7, 11) is 3.49. The van der Waals surface area contributed by atoms with Gasteiger partial charge in [0.15, 0.2) is 5.96 Å². The van der Waals surface area contributed by atoms with Crippen LogP contribution < -0.4 is 10.6 Å². The third-order valence-corrected chi connectivity index (χ3v) is 3.90. The summed E-state index contributed by atoms with van der Waals surface area (Å²) in [6.07, 6.45) is 0. The fraction of sp³-hybridized carbons (Fsp3) is 0.312. The molecule has 120 valence electrons. The monoisotopic (exact) mass is 431 g/mol. The molecule has 0 aliphatic heterocycles. The number of guanidine groups is 1. The zero-order valence-corrected chi connectivity index (χ0v) is 16.0. The first-order valence-corrected chi connectivity index (χ1v) is 7.73. The van der Waals surface area contributed by atoms with Crippen molar-refractivity contribution in [3.63, 3.8) is 0 Å². The van der Waals surface area contributed by atoms with Gasteiger partial charge in [0.25, 0.3) is 0 Å². The first-order valence-electron chi connectivity index (χ1n) is 6.85. The van der Waals surface area contributed by atoms with Gasteiger partial charge in [-0.3, -0.25) is 4.99 Å². The minimum absolute atomic E-state index is 0. The van der Waals surface area contributed by atoms with Crippen LogP contribution in [-0.4, -0.2) is 20.1 Å². The molecule has 0 aliphatic rings. The molecule has 22 heavy (non-hydrogen) atoms. The molecule has 2 rings (SSSR count). The predicted octanol–water partition coefficient (Wildman–Crippen LogP) is 3.38. The maximum atomic E-state index is 5.11. The van der Waals surface area contributed by atoms with E-state index in [1.54, 1.807) is 25.5 Å². The standard InChI is InChI=1S/C16H21N3OS.HI/c1-17-16(19-11-15-4-3-9-21-15)18-10-13-5-7-14(8-6-13)12-20-2;/h3-9H,10-12H2,1-2H3,(H2,17,18,19);1H. The van der Waals surface area contributed by atoms with Crippen LogP contribution >= 0.6 is 35.3 Å². The molecule has 1 aromatic heterocycles. The summed E-state index contributed by atoms with van der Waals surface area (Å²) in [5.74, 6) is 0.810. The summed E-state index contributed by atoms with van der Waals surface area (Å²) >= 11 is 1.74. The lowest BCUT2D eigenvalue weighted by atomic mass is 10.1. The third-order valence-electron chi connectivity index (χ3n) is 3.03. The number of aliphatic imine (C=N–C) groups is 1. The van der Waals surface area contributed by atoms with E-state index in [0.29, 0.717) is 6.61 Å². The Bertz CT molecular complexity index is 555. The number of methoxy groups -OCH3 is 1. The smallest absolute Gasteiger partial charge is 0.191 e.